The number of aryl methyl sites for hydroxylation is 1. The zero-order valence-corrected chi connectivity index (χ0v) is 18.4. The van der Waals surface area contributed by atoms with E-state index in [0.29, 0.717) is 31.0 Å². The number of hydrogen-bond donors (Lipinski definition) is 0. The van der Waals surface area contributed by atoms with E-state index in [2.05, 4.69) is 9.97 Å². The van der Waals surface area contributed by atoms with Crippen molar-refractivity contribution in [3.05, 3.63) is 84.5 Å². The number of rotatable bonds is 5. The summed E-state index contributed by atoms with van der Waals surface area (Å²) in [5, 5.41) is 2.01. The molecule has 3 heterocycles. The lowest BCUT2D eigenvalue weighted by molar-refractivity contribution is 0.0264. The van der Waals surface area contributed by atoms with Crippen molar-refractivity contribution in [3.63, 3.8) is 0 Å². The molecule has 1 saturated heterocycles. The first-order chi connectivity index (χ1) is 16.1. The van der Waals surface area contributed by atoms with Gasteiger partial charge in [0.15, 0.2) is 0 Å². The van der Waals surface area contributed by atoms with Gasteiger partial charge < -0.3 is 14.2 Å². The van der Waals surface area contributed by atoms with Crippen molar-refractivity contribution in [2.24, 2.45) is 7.05 Å². The summed E-state index contributed by atoms with van der Waals surface area (Å²) in [6.45, 7) is 1.62. The molecule has 1 aliphatic rings. The predicted octanol–water partition coefficient (Wildman–Crippen LogP) is 4.60. The van der Waals surface area contributed by atoms with Gasteiger partial charge in [-0.2, -0.15) is 0 Å². The Hall–Kier alpha value is -3.58. The van der Waals surface area contributed by atoms with Crippen LogP contribution >= 0.6 is 0 Å². The van der Waals surface area contributed by atoms with Crippen molar-refractivity contribution in [2.75, 3.05) is 13.2 Å². The largest absolute Gasteiger partial charge is 0.381 e. The molecule has 1 aliphatic heterocycles. The molecule has 1 amide bonds. The molecule has 2 aromatic heterocycles. The molecule has 0 saturated carbocycles. The van der Waals surface area contributed by atoms with Gasteiger partial charge >= 0.3 is 0 Å². The van der Waals surface area contributed by atoms with E-state index in [1.807, 2.05) is 42.3 Å². The molecule has 33 heavy (non-hydrogen) atoms. The highest BCUT2D eigenvalue weighted by atomic mass is 19.1. The minimum Gasteiger partial charge on any atom is -0.381 e. The number of ether oxygens (including phenoxy) is 1. The Morgan fingerprint density at radius 3 is 2.79 bits per heavy atom. The maximum Gasteiger partial charge on any atom is 0.274 e. The van der Waals surface area contributed by atoms with Crippen LogP contribution in [-0.4, -0.2) is 44.6 Å². The second-order valence-electron chi connectivity index (χ2n) is 8.45. The second-order valence-corrected chi connectivity index (χ2v) is 8.45. The van der Waals surface area contributed by atoms with Crippen LogP contribution in [0.25, 0.3) is 21.9 Å². The first-order valence-corrected chi connectivity index (χ1v) is 11.1. The van der Waals surface area contributed by atoms with Gasteiger partial charge in [-0.05, 0) is 53.6 Å². The van der Waals surface area contributed by atoms with Gasteiger partial charge in [0.1, 0.15) is 11.5 Å². The van der Waals surface area contributed by atoms with Crippen LogP contribution in [0.15, 0.2) is 67.4 Å². The summed E-state index contributed by atoms with van der Waals surface area (Å²) in [5.41, 5.74) is 2.57. The summed E-state index contributed by atoms with van der Waals surface area (Å²) in [5.74, 6) is -0.416. The normalized spacial score (nSPS) is 14.5. The molecule has 6 nitrogen and oxygen atoms in total. The van der Waals surface area contributed by atoms with Crippen molar-refractivity contribution < 1.29 is 13.9 Å². The fraction of sp³-hybridized carbons (Fsp3) is 0.269. The quantitative estimate of drug-likeness (QED) is 0.452. The fourth-order valence-corrected chi connectivity index (χ4v) is 4.38. The third-order valence-electron chi connectivity index (χ3n) is 6.15. The molecular formula is C26H25FN4O2. The summed E-state index contributed by atoms with van der Waals surface area (Å²) < 4.78 is 22.1. The number of imidazole rings is 1. The van der Waals surface area contributed by atoms with Crippen LogP contribution in [0.2, 0.25) is 0 Å². The molecule has 2 aromatic carbocycles. The number of nitrogens with zero attached hydrogens (tertiary/aromatic N) is 4. The van der Waals surface area contributed by atoms with Crippen LogP contribution in [0.4, 0.5) is 4.39 Å². The Morgan fingerprint density at radius 1 is 1.15 bits per heavy atom. The lowest BCUT2D eigenvalue weighted by Crippen LogP contribution is -2.43. The van der Waals surface area contributed by atoms with Crippen molar-refractivity contribution in [1.82, 2.24) is 19.4 Å². The third-order valence-corrected chi connectivity index (χ3v) is 6.15. The van der Waals surface area contributed by atoms with E-state index in [1.54, 1.807) is 35.6 Å². The molecule has 0 spiro atoms. The molecule has 7 heteroatoms. The zero-order valence-electron chi connectivity index (χ0n) is 18.4. The number of pyridine rings is 1. The van der Waals surface area contributed by atoms with E-state index >= 15 is 0 Å². The summed E-state index contributed by atoms with van der Waals surface area (Å²) in [6.07, 6.45) is 8.41. The highest BCUT2D eigenvalue weighted by Crippen LogP contribution is 2.29. The van der Waals surface area contributed by atoms with E-state index in [9.17, 15) is 9.18 Å². The predicted molar refractivity (Wildman–Crippen MR) is 124 cm³/mol. The van der Waals surface area contributed by atoms with Gasteiger partial charge in [-0.15, -0.1) is 0 Å². The molecule has 0 unspecified atom stereocenters. The molecule has 168 valence electrons. The topological polar surface area (TPSA) is 60.2 Å². The van der Waals surface area contributed by atoms with Crippen LogP contribution in [0, 0.1) is 5.82 Å². The van der Waals surface area contributed by atoms with E-state index in [-0.39, 0.29) is 17.8 Å². The standard InChI is InChI=1S/C26H25FN4O2/c1-30-16-25(29-17-30)26(32)31(22-7-10-33-11-8-22)15-18-2-5-24(27)23(12-18)20-4-3-19-6-9-28-14-21(19)13-20/h2-6,9,12-14,16-17,22H,7-8,10-11,15H2,1H3. The Labute approximate surface area is 191 Å². The Kier molecular flexibility index (Phi) is 5.88. The van der Waals surface area contributed by atoms with Crippen molar-refractivity contribution in [2.45, 2.75) is 25.4 Å². The fourth-order valence-electron chi connectivity index (χ4n) is 4.38. The van der Waals surface area contributed by atoms with Gasteiger partial charge in [0, 0.05) is 62.4 Å². The SMILES string of the molecule is Cn1cnc(C(=O)N(Cc2ccc(F)c(-c3ccc4ccncc4c3)c2)C2CCOCC2)c1. The van der Waals surface area contributed by atoms with Gasteiger partial charge in [-0.1, -0.05) is 18.2 Å². The maximum absolute atomic E-state index is 14.8. The minimum absolute atomic E-state index is 0.0495. The minimum atomic E-state index is -0.296. The van der Waals surface area contributed by atoms with Crippen molar-refractivity contribution in [3.8, 4) is 11.1 Å². The molecule has 0 atom stereocenters. The lowest BCUT2D eigenvalue weighted by atomic mass is 9.99. The highest BCUT2D eigenvalue weighted by molar-refractivity contribution is 5.92. The van der Waals surface area contributed by atoms with Gasteiger partial charge in [-0.3, -0.25) is 9.78 Å². The van der Waals surface area contributed by atoms with Crippen LogP contribution < -0.4 is 0 Å². The number of hydrogen-bond acceptors (Lipinski definition) is 4. The zero-order chi connectivity index (χ0) is 22.8. The number of benzene rings is 2. The second kappa shape index (κ2) is 9.11. The van der Waals surface area contributed by atoms with Crippen molar-refractivity contribution in [1.29, 1.82) is 0 Å². The van der Waals surface area contributed by atoms with Gasteiger partial charge in [0.25, 0.3) is 5.91 Å². The lowest BCUT2D eigenvalue weighted by Gasteiger charge is -2.34. The van der Waals surface area contributed by atoms with Gasteiger partial charge in [0.05, 0.1) is 6.33 Å². The summed E-state index contributed by atoms with van der Waals surface area (Å²) in [4.78, 5) is 23.6. The molecule has 0 aliphatic carbocycles. The number of aromatic nitrogens is 3. The number of carbonyl (C=O) groups excluding carboxylic acids is 1. The number of fused-ring (bicyclic) bond motifs is 1. The number of amides is 1. The third kappa shape index (κ3) is 4.50. The molecule has 0 radical (unpaired) electrons. The molecular weight excluding hydrogens is 419 g/mol. The van der Waals surface area contributed by atoms with E-state index in [1.165, 1.54) is 6.07 Å². The number of halogens is 1. The molecule has 4 aromatic rings. The summed E-state index contributed by atoms with van der Waals surface area (Å²) in [6, 6.07) is 12.9. The summed E-state index contributed by atoms with van der Waals surface area (Å²) in [7, 11) is 1.84. The molecule has 0 N–H and O–H groups in total. The smallest absolute Gasteiger partial charge is 0.274 e. The average molecular weight is 445 g/mol. The molecule has 1 fully saturated rings. The van der Waals surface area contributed by atoms with Crippen LogP contribution in [-0.2, 0) is 18.3 Å². The molecule has 5 rings (SSSR count). The monoisotopic (exact) mass is 444 g/mol. The highest BCUT2D eigenvalue weighted by Gasteiger charge is 2.28. The Morgan fingerprint density at radius 2 is 2.00 bits per heavy atom. The Bertz CT molecular complexity index is 1300. The summed E-state index contributed by atoms with van der Waals surface area (Å²) >= 11 is 0. The molecule has 0 bridgehead atoms. The van der Waals surface area contributed by atoms with E-state index < -0.39 is 0 Å². The average Bonchev–Trinajstić information content (AvgIpc) is 3.29. The number of carbonyl (C=O) groups is 1. The van der Waals surface area contributed by atoms with Crippen LogP contribution in [0.1, 0.15) is 28.9 Å². The van der Waals surface area contributed by atoms with Crippen LogP contribution in [0.3, 0.4) is 0 Å². The first kappa shape index (κ1) is 21.3. The Balaban J connectivity index is 1.48. The van der Waals surface area contributed by atoms with Crippen molar-refractivity contribution >= 4 is 16.7 Å². The van der Waals surface area contributed by atoms with E-state index in [4.69, 9.17) is 4.74 Å². The first-order valence-electron chi connectivity index (χ1n) is 11.1. The van der Waals surface area contributed by atoms with Gasteiger partial charge in [-0.25, -0.2) is 9.37 Å². The van der Waals surface area contributed by atoms with Gasteiger partial charge in [0.2, 0.25) is 0 Å². The van der Waals surface area contributed by atoms with E-state index in [0.717, 1.165) is 34.7 Å². The maximum atomic E-state index is 14.8. The van der Waals surface area contributed by atoms with Crippen LogP contribution in [0.5, 0.6) is 0 Å².